The monoisotopic (exact) mass is 769 g/mol. The van der Waals surface area contributed by atoms with Crippen LogP contribution in [0.5, 0.6) is 0 Å². The zero-order chi connectivity index (χ0) is 39.1. The van der Waals surface area contributed by atoms with Gasteiger partial charge in [-0.15, -0.1) is 0 Å². The molecule has 0 amide bonds. The van der Waals surface area contributed by atoms with Crippen molar-refractivity contribution in [1.82, 2.24) is 0 Å². The third-order valence-corrected chi connectivity index (χ3v) is 9.88. The summed E-state index contributed by atoms with van der Waals surface area (Å²) in [5.41, 5.74) is 0. The van der Waals surface area contributed by atoms with Crippen LogP contribution in [-0.2, 0) is 27.9 Å². The van der Waals surface area contributed by atoms with Gasteiger partial charge in [-0.3, -0.25) is 13.8 Å². The van der Waals surface area contributed by atoms with E-state index in [0.29, 0.717) is 24.1 Å². The van der Waals surface area contributed by atoms with Crippen molar-refractivity contribution in [3.8, 4) is 0 Å². The lowest BCUT2D eigenvalue weighted by Crippen LogP contribution is -2.37. The Morgan fingerprint density at radius 2 is 1.04 bits per heavy atom. The van der Waals surface area contributed by atoms with Gasteiger partial charge in [-0.1, -0.05) is 159 Å². The van der Waals surface area contributed by atoms with E-state index in [4.69, 9.17) is 18.5 Å². The highest BCUT2D eigenvalue weighted by molar-refractivity contribution is 7.47. The fourth-order valence-electron chi connectivity index (χ4n) is 5.54. The molecule has 9 heteroatoms. The van der Waals surface area contributed by atoms with Crippen molar-refractivity contribution in [1.29, 1.82) is 0 Å². The molecule has 0 rings (SSSR count). The summed E-state index contributed by atoms with van der Waals surface area (Å²) in [6.45, 7) is 5.52. The number of rotatable bonds is 39. The lowest BCUT2D eigenvalue weighted by Gasteiger charge is -2.24. The second kappa shape index (κ2) is 37.4. The second-order valence-corrected chi connectivity index (χ2v) is 16.8. The van der Waals surface area contributed by atoms with Gasteiger partial charge in [0.1, 0.15) is 19.3 Å². The van der Waals surface area contributed by atoms with Crippen molar-refractivity contribution in [2.45, 2.75) is 174 Å². The maximum atomic E-state index is 12.6. The predicted molar refractivity (Wildman–Crippen MR) is 224 cm³/mol. The van der Waals surface area contributed by atoms with Gasteiger partial charge in [0.05, 0.1) is 34.4 Å². The molecule has 0 saturated heterocycles. The first kappa shape index (κ1) is 51.5. The summed E-state index contributed by atoms with van der Waals surface area (Å²) in [7, 11) is 1.63. The van der Waals surface area contributed by atoms with Gasteiger partial charge in [0.2, 0.25) is 0 Å². The molecule has 0 aromatic carbocycles. The Morgan fingerprint density at radius 3 is 1.55 bits per heavy atom. The number of hydrogen-bond acceptors (Lipinski definition) is 6. The first-order chi connectivity index (χ1) is 25.6. The maximum Gasteiger partial charge on any atom is 0.472 e. The van der Waals surface area contributed by atoms with Crippen molar-refractivity contribution in [3.63, 3.8) is 0 Å². The van der Waals surface area contributed by atoms with Gasteiger partial charge in [-0.05, 0) is 51.4 Å². The molecule has 0 spiro atoms. The molecule has 0 bridgehead atoms. The number of nitrogens with zero attached hydrogens (tertiary/aromatic N) is 1. The largest absolute Gasteiger partial charge is 0.472 e. The maximum absolute atomic E-state index is 12.6. The zero-order valence-corrected chi connectivity index (χ0v) is 35.9. The summed E-state index contributed by atoms with van der Waals surface area (Å²) in [6, 6.07) is 0. The van der Waals surface area contributed by atoms with E-state index < -0.39 is 13.9 Å². The van der Waals surface area contributed by atoms with Crippen LogP contribution in [0.4, 0.5) is 0 Å². The van der Waals surface area contributed by atoms with Crippen LogP contribution in [0.25, 0.3) is 0 Å². The number of carbonyl (C=O) groups is 1. The molecule has 2 atom stereocenters. The molecule has 0 aromatic rings. The standard InChI is InChI=1S/C44H82NO7P/c1-6-8-10-12-14-16-18-20-22-23-24-25-27-29-31-33-35-37-44(46)52-43(42-51-53(47,48)50-40-38-45(3,4)5)41-49-39-36-34-32-30-28-26-21-19-17-15-13-11-9-7-2/h14,16,20,22,24-25,29,31,43H,6-13,15,17-19,21,23,26-28,30,32-42H2,1-5H3/p+1/b16-14+,22-20+,25-24+,31-29+. The molecule has 0 aliphatic heterocycles. The van der Waals surface area contributed by atoms with Crippen molar-refractivity contribution < 1.29 is 37.3 Å². The summed E-state index contributed by atoms with van der Waals surface area (Å²) >= 11 is 0. The molecule has 8 nitrogen and oxygen atoms in total. The van der Waals surface area contributed by atoms with Crippen molar-refractivity contribution in [2.75, 3.05) is 54.1 Å². The van der Waals surface area contributed by atoms with Gasteiger partial charge >= 0.3 is 13.8 Å². The zero-order valence-electron chi connectivity index (χ0n) is 35.0. The van der Waals surface area contributed by atoms with Gasteiger partial charge in [-0.25, -0.2) is 4.57 Å². The molecular formula is C44H83NO7P+. The van der Waals surface area contributed by atoms with Crippen LogP contribution in [0.1, 0.15) is 168 Å². The van der Waals surface area contributed by atoms with E-state index in [9.17, 15) is 14.3 Å². The van der Waals surface area contributed by atoms with E-state index in [2.05, 4.69) is 62.5 Å². The minimum Gasteiger partial charge on any atom is -0.457 e. The summed E-state index contributed by atoms with van der Waals surface area (Å²) < 4.78 is 34.9. The molecule has 310 valence electrons. The number of carbonyl (C=O) groups excluding carboxylic acids is 1. The number of esters is 1. The first-order valence-electron chi connectivity index (χ1n) is 21.4. The molecule has 0 fully saturated rings. The second-order valence-electron chi connectivity index (χ2n) is 15.4. The minimum atomic E-state index is -4.29. The van der Waals surface area contributed by atoms with Crippen LogP contribution >= 0.6 is 7.82 Å². The summed E-state index contributed by atoms with van der Waals surface area (Å²) in [6.07, 6.45) is 44.3. The van der Waals surface area contributed by atoms with Crippen LogP contribution in [0.2, 0.25) is 0 Å². The average Bonchev–Trinajstić information content (AvgIpc) is 3.11. The Kier molecular flexibility index (Phi) is 36.3. The third-order valence-electron chi connectivity index (χ3n) is 8.89. The number of unbranched alkanes of at least 4 members (excludes halogenated alkanes) is 17. The van der Waals surface area contributed by atoms with Gasteiger partial charge < -0.3 is 18.9 Å². The van der Waals surface area contributed by atoms with E-state index in [-0.39, 0.29) is 32.2 Å². The molecule has 1 N–H and O–H groups in total. The number of quaternary nitrogens is 1. The van der Waals surface area contributed by atoms with Crippen molar-refractivity contribution >= 4 is 13.8 Å². The van der Waals surface area contributed by atoms with E-state index in [1.807, 2.05) is 21.1 Å². The molecule has 53 heavy (non-hydrogen) atoms. The number of phosphoric ester groups is 1. The van der Waals surface area contributed by atoms with Gasteiger partial charge in [0.25, 0.3) is 0 Å². The topological polar surface area (TPSA) is 91.3 Å². The lowest BCUT2D eigenvalue weighted by atomic mass is 10.0. The van der Waals surface area contributed by atoms with E-state index in [0.717, 1.165) is 38.5 Å². The molecule has 0 aliphatic carbocycles. The molecule has 0 heterocycles. The Morgan fingerprint density at radius 1 is 0.585 bits per heavy atom. The van der Waals surface area contributed by atoms with Crippen LogP contribution in [0, 0.1) is 0 Å². The van der Waals surface area contributed by atoms with Gasteiger partial charge in [0, 0.05) is 13.0 Å². The number of phosphoric acid groups is 1. The Balaban J connectivity index is 4.36. The molecule has 0 saturated carbocycles. The number of hydrogen-bond donors (Lipinski definition) is 1. The SMILES string of the molecule is CCCCC/C=C/C/C=C/C/C=C/C/C=C/CCCC(=O)OC(COCCCCCCCCCCCCCCCC)COP(=O)(O)OCC[N+](C)(C)C. The first-order valence-corrected chi connectivity index (χ1v) is 22.9. The Hall–Kier alpha value is -1.54. The fourth-order valence-corrected chi connectivity index (χ4v) is 6.29. The van der Waals surface area contributed by atoms with Gasteiger partial charge in [0.15, 0.2) is 0 Å². The molecule has 2 unspecified atom stereocenters. The highest BCUT2D eigenvalue weighted by atomic mass is 31.2. The summed E-state index contributed by atoms with van der Waals surface area (Å²) in [5, 5.41) is 0. The molecule has 0 radical (unpaired) electrons. The van der Waals surface area contributed by atoms with Crippen LogP contribution < -0.4 is 0 Å². The van der Waals surface area contributed by atoms with Crippen molar-refractivity contribution in [2.24, 2.45) is 0 Å². The normalized spacial score (nSPS) is 14.3. The van der Waals surface area contributed by atoms with Crippen LogP contribution in [0.15, 0.2) is 48.6 Å². The number of ether oxygens (including phenoxy) is 2. The van der Waals surface area contributed by atoms with E-state index >= 15 is 0 Å². The Labute approximate surface area is 327 Å². The molecular weight excluding hydrogens is 685 g/mol. The average molecular weight is 769 g/mol. The molecule has 0 aromatic heterocycles. The smallest absolute Gasteiger partial charge is 0.457 e. The summed E-state index contributed by atoms with van der Waals surface area (Å²) in [4.78, 5) is 22.8. The van der Waals surface area contributed by atoms with E-state index in [1.54, 1.807) is 0 Å². The Bertz CT molecular complexity index is 989. The minimum absolute atomic E-state index is 0.0782. The van der Waals surface area contributed by atoms with E-state index in [1.165, 1.54) is 103 Å². The van der Waals surface area contributed by atoms with Gasteiger partial charge in [-0.2, -0.15) is 0 Å². The fraction of sp³-hybridized carbons (Fsp3) is 0.795. The number of allylic oxidation sites excluding steroid dienone is 8. The van der Waals surface area contributed by atoms with Crippen LogP contribution in [-0.4, -0.2) is 75.6 Å². The van der Waals surface area contributed by atoms with Crippen molar-refractivity contribution in [3.05, 3.63) is 48.6 Å². The summed E-state index contributed by atoms with van der Waals surface area (Å²) in [5.74, 6) is -0.367. The molecule has 0 aliphatic rings. The highest BCUT2D eigenvalue weighted by Crippen LogP contribution is 2.43. The predicted octanol–water partition coefficient (Wildman–Crippen LogP) is 12.4. The quantitative estimate of drug-likeness (QED) is 0.0219. The number of likely N-dealkylation sites (N-methyl/N-ethyl adjacent to an activating group) is 1. The highest BCUT2D eigenvalue weighted by Gasteiger charge is 2.26. The lowest BCUT2D eigenvalue weighted by molar-refractivity contribution is -0.870. The third kappa shape index (κ3) is 41.5. The van der Waals surface area contributed by atoms with Crippen LogP contribution in [0.3, 0.4) is 0 Å².